The number of hydrogen-bond donors (Lipinski definition) is 1. The fourth-order valence-electron chi connectivity index (χ4n) is 1.01. The molecule has 0 aromatic rings. The van der Waals surface area contributed by atoms with Gasteiger partial charge in [-0.3, -0.25) is 0 Å². The van der Waals surface area contributed by atoms with E-state index >= 15 is 0 Å². The third-order valence-electron chi connectivity index (χ3n) is 1.75. The minimum absolute atomic E-state index is 0.0991. The zero-order chi connectivity index (χ0) is 11.2. The molecule has 0 aromatic heterocycles. The zero-order valence-corrected chi connectivity index (χ0v) is 8.30. The Morgan fingerprint density at radius 2 is 2.00 bits per heavy atom. The summed E-state index contributed by atoms with van der Waals surface area (Å²) < 4.78 is 36.0. The largest absolute Gasteiger partial charge is 0.416 e. The summed E-state index contributed by atoms with van der Waals surface area (Å²) in [6.45, 7) is 3.90. The van der Waals surface area contributed by atoms with Gasteiger partial charge in [-0.1, -0.05) is 32.1 Å². The summed E-state index contributed by atoms with van der Waals surface area (Å²) in [6.07, 6.45) is -0.465. The maximum atomic E-state index is 12.0. The van der Waals surface area contributed by atoms with Gasteiger partial charge in [-0.15, -0.1) is 0 Å². The number of aliphatic hydroxyl groups excluding tert-OH is 1. The van der Waals surface area contributed by atoms with Crippen LogP contribution in [0.15, 0.2) is 23.8 Å². The van der Waals surface area contributed by atoms with Crippen LogP contribution < -0.4 is 0 Å². The number of rotatable bonds is 1. The first-order chi connectivity index (χ1) is 6.54. The second kappa shape index (κ2) is 5.86. The van der Waals surface area contributed by atoms with Gasteiger partial charge in [0.25, 0.3) is 0 Å². The van der Waals surface area contributed by atoms with Gasteiger partial charge >= 0.3 is 6.18 Å². The second-order valence-electron chi connectivity index (χ2n) is 2.69. The lowest BCUT2D eigenvalue weighted by Gasteiger charge is -2.15. The molecule has 0 radical (unpaired) electrons. The van der Waals surface area contributed by atoms with Gasteiger partial charge in [0.1, 0.15) is 0 Å². The molecule has 0 saturated heterocycles. The van der Waals surface area contributed by atoms with Gasteiger partial charge in [-0.05, 0) is 6.42 Å². The van der Waals surface area contributed by atoms with Crippen molar-refractivity contribution >= 4 is 0 Å². The highest BCUT2D eigenvalue weighted by Gasteiger charge is 2.32. The van der Waals surface area contributed by atoms with E-state index in [1.165, 1.54) is 6.08 Å². The van der Waals surface area contributed by atoms with Gasteiger partial charge in [0.2, 0.25) is 0 Å². The summed E-state index contributed by atoms with van der Waals surface area (Å²) in [5.41, 5.74) is -0.618. The van der Waals surface area contributed by atoms with E-state index in [2.05, 4.69) is 0 Å². The molecule has 0 fully saturated rings. The first-order valence-electron chi connectivity index (χ1n) is 4.60. The molecule has 1 aliphatic rings. The molecule has 1 aliphatic carbocycles. The monoisotopic (exact) mass is 208 g/mol. The zero-order valence-electron chi connectivity index (χ0n) is 8.30. The molecule has 82 valence electrons. The van der Waals surface area contributed by atoms with Gasteiger partial charge in [-0.2, -0.15) is 13.2 Å². The van der Waals surface area contributed by atoms with Crippen molar-refractivity contribution in [1.82, 2.24) is 0 Å². The lowest BCUT2D eigenvalue weighted by atomic mass is 9.97. The van der Waals surface area contributed by atoms with Crippen molar-refractivity contribution in [3.8, 4) is 0 Å². The SMILES string of the molecule is CC.OCC1C=CC(C(F)(F)F)=CC1. The summed E-state index contributed by atoms with van der Waals surface area (Å²) in [5.74, 6) is -0.156. The topological polar surface area (TPSA) is 20.2 Å². The Labute approximate surface area is 81.9 Å². The normalized spacial score (nSPS) is 21.0. The molecule has 14 heavy (non-hydrogen) atoms. The first-order valence-corrected chi connectivity index (χ1v) is 4.60. The molecule has 1 atom stereocenters. The van der Waals surface area contributed by atoms with Gasteiger partial charge in [0, 0.05) is 12.5 Å². The molecule has 0 spiro atoms. The van der Waals surface area contributed by atoms with Crippen LogP contribution in [0.1, 0.15) is 20.3 Å². The highest BCUT2D eigenvalue weighted by Crippen LogP contribution is 2.30. The number of aliphatic hydroxyl groups is 1. The summed E-state index contributed by atoms with van der Waals surface area (Å²) >= 11 is 0. The van der Waals surface area contributed by atoms with Gasteiger partial charge in [-0.25, -0.2) is 0 Å². The summed E-state index contributed by atoms with van der Waals surface area (Å²) in [6, 6.07) is 0. The van der Waals surface area contributed by atoms with E-state index in [1.807, 2.05) is 13.8 Å². The van der Waals surface area contributed by atoms with E-state index < -0.39 is 11.7 Å². The fraction of sp³-hybridized carbons (Fsp3) is 0.600. The molecule has 0 amide bonds. The first kappa shape index (κ1) is 13.2. The Bertz CT molecular complexity index is 216. The van der Waals surface area contributed by atoms with Crippen molar-refractivity contribution in [3.63, 3.8) is 0 Å². The highest BCUT2D eigenvalue weighted by atomic mass is 19.4. The second-order valence-corrected chi connectivity index (χ2v) is 2.69. The Morgan fingerprint density at radius 1 is 1.43 bits per heavy atom. The van der Waals surface area contributed by atoms with Crippen LogP contribution in [0.5, 0.6) is 0 Å². The molecule has 1 N–H and O–H groups in total. The maximum Gasteiger partial charge on any atom is 0.416 e. The van der Waals surface area contributed by atoms with Crippen LogP contribution in [-0.4, -0.2) is 17.9 Å². The Balaban J connectivity index is 0.000000791. The molecule has 1 unspecified atom stereocenters. The van der Waals surface area contributed by atoms with Crippen molar-refractivity contribution in [1.29, 1.82) is 0 Å². The third kappa shape index (κ3) is 3.96. The van der Waals surface area contributed by atoms with Crippen LogP contribution in [0.25, 0.3) is 0 Å². The number of alkyl halides is 3. The van der Waals surface area contributed by atoms with Gasteiger partial charge in [0.15, 0.2) is 0 Å². The molecular weight excluding hydrogens is 193 g/mol. The van der Waals surface area contributed by atoms with E-state index in [0.717, 1.165) is 12.2 Å². The third-order valence-corrected chi connectivity index (χ3v) is 1.75. The molecule has 0 bridgehead atoms. The lowest BCUT2D eigenvalue weighted by Crippen LogP contribution is -2.14. The smallest absolute Gasteiger partial charge is 0.396 e. The molecule has 4 heteroatoms. The van der Waals surface area contributed by atoms with Crippen LogP contribution in [0.3, 0.4) is 0 Å². The molecular formula is C10H15F3O. The molecule has 0 aromatic carbocycles. The highest BCUT2D eigenvalue weighted by molar-refractivity contribution is 5.27. The molecule has 0 saturated carbocycles. The minimum Gasteiger partial charge on any atom is -0.396 e. The average molecular weight is 208 g/mol. The predicted molar refractivity (Wildman–Crippen MR) is 49.8 cm³/mol. The van der Waals surface area contributed by atoms with E-state index in [4.69, 9.17) is 5.11 Å². The van der Waals surface area contributed by atoms with Crippen LogP contribution in [0, 0.1) is 5.92 Å². The van der Waals surface area contributed by atoms with Crippen LogP contribution >= 0.6 is 0 Å². The van der Waals surface area contributed by atoms with Crippen molar-refractivity contribution in [2.45, 2.75) is 26.4 Å². The Kier molecular flexibility index (Phi) is 5.53. The maximum absolute atomic E-state index is 12.0. The van der Waals surface area contributed by atoms with Crippen molar-refractivity contribution < 1.29 is 18.3 Å². The summed E-state index contributed by atoms with van der Waals surface area (Å²) in [4.78, 5) is 0. The number of allylic oxidation sites excluding steroid dienone is 3. The van der Waals surface area contributed by atoms with Gasteiger partial charge < -0.3 is 5.11 Å². The fourth-order valence-corrected chi connectivity index (χ4v) is 1.01. The standard InChI is InChI=1S/C8H9F3O.C2H6/c9-8(10,11)7-3-1-6(5-12)2-4-7;1-2/h1,3-4,6,12H,2,5H2;1-2H3. The summed E-state index contributed by atoms with van der Waals surface area (Å²) in [7, 11) is 0. The number of hydrogen-bond acceptors (Lipinski definition) is 1. The van der Waals surface area contributed by atoms with Crippen LogP contribution in [-0.2, 0) is 0 Å². The van der Waals surface area contributed by atoms with E-state index in [0.29, 0.717) is 0 Å². The Morgan fingerprint density at radius 3 is 2.29 bits per heavy atom. The molecule has 0 heterocycles. The van der Waals surface area contributed by atoms with E-state index in [1.54, 1.807) is 0 Å². The average Bonchev–Trinajstić information content (AvgIpc) is 2.20. The predicted octanol–water partition coefficient (Wildman–Crippen LogP) is 3.07. The van der Waals surface area contributed by atoms with Crippen molar-refractivity contribution in [3.05, 3.63) is 23.8 Å². The van der Waals surface area contributed by atoms with Crippen molar-refractivity contribution in [2.24, 2.45) is 5.92 Å². The quantitative estimate of drug-likeness (QED) is 0.702. The van der Waals surface area contributed by atoms with E-state index in [9.17, 15) is 13.2 Å². The Hall–Kier alpha value is -0.770. The summed E-state index contributed by atoms with van der Waals surface area (Å²) in [5, 5.41) is 8.62. The molecule has 0 aliphatic heterocycles. The van der Waals surface area contributed by atoms with Crippen molar-refractivity contribution in [2.75, 3.05) is 6.61 Å². The minimum atomic E-state index is -4.25. The number of halogens is 3. The van der Waals surface area contributed by atoms with Crippen LogP contribution in [0.2, 0.25) is 0 Å². The van der Waals surface area contributed by atoms with Gasteiger partial charge in [0.05, 0.1) is 5.57 Å². The van der Waals surface area contributed by atoms with E-state index in [-0.39, 0.29) is 18.9 Å². The molecule has 1 nitrogen and oxygen atoms in total. The van der Waals surface area contributed by atoms with Crippen LogP contribution in [0.4, 0.5) is 13.2 Å². The molecule has 1 rings (SSSR count). The lowest BCUT2D eigenvalue weighted by molar-refractivity contribution is -0.0887.